The minimum Gasteiger partial charge on any atom is -0.494 e. The molecule has 0 radical (unpaired) electrons. The van der Waals surface area contributed by atoms with Crippen LogP contribution in [-0.2, 0) is 0 Å². The first-order valence-corrected chi connectivity index (χ1v) is 5.26. The van der Waals surface area contributed by atoms with Crippen molar-refractivity contribution in [3.8, 4) is 5.75 Å². The van der Waals surface area contributed by atoms with Crippen molar-refractivity contribution < 1.29 is 13.5 Å². The highest BCUT2D eigenvalue weighted by atomic mass is 19.1. The SMILES string of the molecule is COc1cc(F)ccc1Nc1ccc(F)cc1N. The molecule has 3 nitrogen and oxygen atoms in total. The Morgan fingerprint density at radius 2 is 1.61 bits per heavy atom. The highest BCUT2D eigenvalue weighted by Gasteiger charge is 2.07. The van der Waals surface area contributed by atoms with Gasteiger partial charge in [-0.15, -0.1) is 0 Å². The van der Waals surface area contributed by atoms with Crippen molar-refractivity contribution in [2.24, 2.45) is 0 Å². The van der Waals surface area contributed by atoms with E-state index < -0.39 is 11.6 Å². The smallest absolute Gasteiger partial charge is 0.145 e. The third-order valence-electron chi connectivity index (χ3n) is 2.45. The number of anilines is 3. The third-order valence-corrected chi connectivity index (χ3v) is 2.45. The Morgan fingerprint density at radius 1 is 1.00 bits per heavy atom. The molecule has 18 heavy (non-hydrogen) atoms. The van der Waals surface area contributed by atoms with Gasteiger partial charge in [0.1, 0.15) is 17.4 Å². The standard InChI is InChI=1S/C13H12F2N2O/c1-18-13-7-9(15)3-5-12(13)17-11-4-2-8(14)6-10(11)16/h2-7,17H,16H2,1H3. The molecule has 0 aliphatic carbocycles. The maximum Gasteiger partial charge on any atom is 0.145 e. The van der Waals surface area contributed by atoms with Gasteiger partial charge in [-0.3, -0.25) is 0 Å². The molecule has 0 saturated carbocycles. The van der Waals surface area contributed by atoms with E-state index in [2.05, 4.69) is 5.32 Å². The summed E-state index contributed by atoms with van der Waals surface area (Å²) in [4.78, 5) is 0. The summed E-state index contributed by atoms with van der Waals surface area (Å²) in [5.41, 5.74) is 7.02. The van der Waals surface area contributed by atoms with Crippen LogP contribution in [0, 0.1) is 11.6 Å². The number of halogens is 2. The van der Waals surface area contributed by atoms with Crippen LogP contribution >= 0.6 is 0 Å². The van der Waals surface area contributed by atoms with Crippen LogP contribution in [0.4, 0.5) is 25.8 Å². The lowest BCUT2D eigenvalue weighted by molar-refractivity contribution is 0.413. The fourth-order valence-corrected chi connectivity index (χ4v) is 1.56. The van der Waals surface area contributed by atoms with Crippen LogP contribution < -0.4 is 15.8 Å². The van der Waals surface area contributed by atoms with E-state index in [0.29, 0.717) is 17.1 Å². The molecule has 0 aliphatic rings. The summed E-state index contributed by atoms with van der Waals surface area (Å²) in [7, 11) is 1.44. The molecule has 0 fully saturated rings. The van der Waals surface area contributed by atoms with Crippen LogP contribution in [0.1, 0.15) is 0 Å². The van der Waals surface area contributed by atoms with Gasteiger partial charge < -0.3 is 15.8 Å². The zero-order valence-electron chi connectivity index (χ0n) is 9.71. The Hall–Kier alpha value is -2.30. The van der Waals surface area contributed by atoms with Crippen LogP contribution in [0.5, 0.6) is 5.75 Å². The van der Waals surface area contributed by atoms with Gasteiger partial charge in [0.2, 0.25) is 0 Å². The largest absolute Gasteiger partial charge is 0.494 e. The lowest BCUT2D eigenvalue weighted by Crippen LogP contribution is -1.99. The lowest BCUT2D eigenvalue weighted by Gasteiger charge is -2.12. The molecular formula is C13H12F2N2O. The molecule has 0 unspecified atom stereocenters. The number of benzene rings is 2. The quantitative estimate of drug-likeness (QED) is 0.822. The van der Waals surface area contributed by atoms with Crippen LogP contribution in [0.3, 0.4) is 0 Å². The molecule has 0 bridgehead atoms. The number of hydrogen-bond donors (Lipinski definition) is 2. The topological polar surface area (TPSA) is 47.3 Å². The Bertz CT molecular complexity index is 573. The molecular weight excluding hydrogens is 238 g/mol. The average Bonchev–Trinajstić information content (AvgIpc) is 2.34. The monoisotopic (exact) mass is 250 g/mol. The van der Waals surface area contributed by atoms with Crippen molar-refractivity contribution in [3.63, 3.8) is 0 Å². The summed E-state index contributed by atoms with van der Waals surface area (Å²) in [5, 5.41) is 2.96. The van der Waals surface area contributed by atoms with Gasteiger partial charge in [0, 0.05) is 6.07 Å². The van der Waals surface area contributed by atoms with E-state index in [9.17, 15) is 8.78 Å². The number of ether oxygens (including phenoxy) is 1. The molecule has 0 amide bonds. The number of methoxy groups -OCH3 is 1. The van der Waals surface area contributed by atoms with Crippen molar-refractivity contribution in [3.05, 3.63) is 48.0 Å². The molecule has 94 valence electrons. The van der Waals surface area contributed by atoms with Gasteiger partial charge in [-0.1, -0.05) is 0 Å². The lowest BCUT2D eigenvalue weighted by atomic mass is 10.2. The van der Waals surface area contributed by atoms with Crippen LogP contribution in [0.2, 0.25) is 0 Å². The molecule has 2 rings (SSSR count). The van der Waals surface area contributed by atoms with E-state index in [1.54, 1.807) is 0 Å². The summed E-state index contributed by atoms with van der Waals surface area (Å²) in [6.07, 6.45) is 0. The van der Waals surface area contributed by atoms with Gasteiger partial charge >= 0.3 is 0 Å². The number of hydrogen-bond acceptors (Lipinski definition) is 3. The maximum atomic E-state index is 13.0. The van der Waals surface area contributed by atoms with E-state index in [4.69, 9.17) is 10.5 Å². The predicted molar refractivity (Wildman–Crippen MR) is 67.0 cm³/mol. The molecule has 0 heterocycles. The van der Waals surface area contributed by atoms with Crippen molar-refractivity contribution in [2.75, 3.05) is 18.2 Å². The van der Waals surface area contributed by atoms with Gasteiger partial charge in [-0.2, -0.15) is 0 Å². The highest BCUT2D eigenvalue weighted by molar-refractivity contribution is 5.75. The molecule has 2 aromatic rings. The summed E-state index contributed by atoms with van der Waals surface area (Å²) in [6, 6.07) is 8.07. The van der Waals surface area contributed by atoms with E-state index in [1.165, 1.54) is 43.5 Å². The minimum absolute atomic E-state index is 0.265. The Morgan fingerprint density at radius 3 is 2.22 bits per heavy atom. The third kappa shape index (κ3) is 2.51. The number of nitrogens with two attached hydrogens (primary N) is 1. The molecule has 0 saturated heterocycles. The Labute approximate surface area is 103 Å². The van der Waals surface area contributed by atoms with E-state index >= 15 is 0 Å². The van der Waals surface area contributed by atoms with Crippen molar-refractivity contribution >= 4 is 17.1 Å². The normalized spacial score (nSPS) is 10.2. The Kier molecular flexibility index (Phi) is 3.32. The van der Waals surface area contributed by atoms with Gasteiger partial charge in [0.05, 0.1) is 24.2 Å². The Balaban J connectivity index is 2.33. The van der Waals surface area contributed by atoms with Crippen LogP contribution in [0.25, 0.3) is 0 Å². The van der Waals surface area contributed by atoms with Crippen LogP contribution in [-0.4, -0.2) is 7.11 Å². The molecule has 0 spiro atoms. The van der Waals surface area contributed by atoms with Crippen molar-refractivity contribution in [1.29, 1.82) is 0 Å². The van der Waals surface area contributed by atoms with Crippen LogP contribution in [0.15, 0.2) is 36.4 Å². The van der Waals surface area contributed by atoms with Crippen molar-refractivity contribution in [1.82, 2.24) is 0 Å². The predicted octanol–water partition coefficient (Wildman–Crippen LogP) is 3.30. The number of nitrogens with one attached hydrogen (secondary N) is 1. The second-order valence-electron chi connectivity index (χ2n) is 3.70. The number of nitrogen functional groups attached to an aromatic ring is 1. The van der Waals surface area contributed by atoms with Gasteiger partial charge in [-0.05, 0) is 30.3 Å². The van der Waals surface area contributed by atoms with Crippen molar-refractivity contribution in [2.45, 2.75) is 0 Å². The summed E-state index contributed by atoms with van der Waals surface area (Å²) in [6.45, 7) is 0. The highest BCUT2D eigenvalue weighted by Crippen LogP contribution is 2.30. The summed E-state index contributed by atoms with van der Waals surface area (Å²) >= 11 is 0. The van der Waals surface area contributed by atoms with E-state index in [-0.39, 0.29) is 5.69 Å². The average molecular weight is 250 g/mol. The number of rotatable bonds is 3. The molecule has 5 heteroatoms. The molecule has 0 aliphatic heterocycles. The first kappa shape index (κ1) is 12.2. The minimum atomic E-state index is -0.413. The zero-order chi connectivity index (χ0) is 13.1. The second kappa shape index (κ2) is 4.91. The van der Waals surface area contributed by atoms with E-state index in [0.717, 1.165) is 0 Å². The first-order valence-electron chi connectivity index (χ1n) is 5.26. The van der Waals surface area contributed by atoms with Gasteiger partial charge in [0.25, 0.3) is 0 Å². The summed E-state index contributed by atoms with van der Waals surface area (Å²) in [5.74, 6) is -0.465. The molecule has 3 N–H and O–H groups in total. The fourth-order valence-electron chi connectivity index (χ4n) is 1.56. The molecule has 2 aromatic carbocycles. The molecule has 0 atom stereocenters. The second-order valence-corrected chi connectivity index (χ2v) is 3.70. The molecule has 0 aromatic heterocycles. The fraction of sp³-hybridized carbons (Fsp3) is 0.0769. The van der Waals surface area contributed by atoms with Gasteiger partial charge in [0.15, 0.2) is 0 Å². The zero-order valence-corrected chi connectivity index (χ0v) is 9.71. The van der Waals surface area contributed by atoms with Gasteiger partial charge in [-0.25, -0.2) is 8.78 Å². The summed E-state index contributed by atoms with van der Waals surface area (Å²) < 4.78 is 31.0. The first-order chi connectivity index (χ1) is 8.60. The maximum absolute atomic E-state index is 13.0. The van der Waals surface area contributed by atoms with E-state index in [1.807, 2.05) is 0 Å².